The van der Waals surface area contributed by atoms with Crippen LogP contribution in [0.5, 0.6) is 0 Å². The van der Waals surface area contributed by atoms with Gasteiger partial charge in [-0.25, -0.2) is 0 Å². The fraction of sp³-hybridized carbons (Fsp3) is 0.500. The quantitative estimate of drug-likeness (QED) is 0.707. The summed E-state index contributed by atoms with van der Waals surface area (Å²) in [5.41, 5.74) is 1.55. The smallest absolute Gasteiger partial charge is 0.0765 e. The normalized spacial score (nSPS) is 13.7. The Balaban J connectivity index is 2.36. The van der Waals surface area contributed by atoms with Crippen molar-refractivity contribution in [2.24, 2.45) is 0 Å². The summed E-state index contributed by atoms with van der Waals surface area (Å²) in [6.07, 6.45) is 0. The molecule has 2 aromatic heterocycles. The molecule has 0 saturated heterocycles. The second kappa shape index (κ2) is 6.30. The maximum absolute atomic E-state index is 3.64. The van der Waals surface area contributed by atoms with Gasteiger partial charge in [-0.15, -0.1) is 22.7 Å². The summed E-state index contributed by atoms with van der Waals surface area (Å²) in [7, 11) is 0. The third-order valence-corrected chi connectivity index (χ3v) is 7.00. The number of rotatable bonds is 4. The first-order valence-corrected chi connectivity index (χ1v) is 9.35. The van der Waals surface area contributed by atoms with Crippen molar-refractivity contribution in [2.75, 3.05) is 6.54 Å². The van der Waals surface area contributed by atoms with Crippen molar-refractivity contribution in [3.63, 3.8) is 0 Å². The first-order valence-electron chi connectivity index (χ1n) is 6.92. The Morgan fingerprint density at radius 2 is 1.90 bits per heavy atom. The maximum atomic E-state index is 3.64. The standard InChI is InChI=1S/C16H22BrNS2/c1-6-18-14(12-9-10(2)15(17)20-12)11-7-8-13(19-11)16(3,4)5/h7-9,14,18H,6H2,1-5H3. The van der Waals surface area contributed by atoms with E-state index < -0.39 is 0 Å². The summed E-state index contributed by atoms with van der Waals surface area (Å²) in [6.45, 7) is 12.1. The fourth-order valence-corrected chi connectivity index (χ4v) is 4.98. The van der Waals surface area contributed by atoms with Crippen molar-refractivity contribution in [3.8, 4) is 0 Å². The average molecular weight is 372 g/mol. The molecule has 0 spiro atoms. The molecule has 4 heteroatoms. The van der Waals surface area contributed by atoms with E-state index in [1.807, 2.05) is 22.7 Å². The van der Waals surface area contributed by atoms with E-state index in [9.17, 15) is 0 Å². The molecule has 2 aromatic rings. The van der Waals surface area contributed by atoms with Gasteiger partial charge in [0.25, 0.3) is 0 Å². The zero-order chi connectivity index (χ0) is 14.9. The first kappa shape index (κ1) is 16.2. The number of nitrogens with one attached hydrogen (secondary N) is 1. The molecular weight excluding hydrogens is 350 g/mol. The predicted molar refractivity (Wildman–Crippen MR) is 95.3 cm³/mol. The van der Waals surface area contributed by atoms with Crippen molar-refractivity contribution in [1.29, 1.82) is 0 Å². The monoisotopic (exact) mass is 371 g/mol. The van der Waals surface area contributed by atoms with E-state index in [-0.39, 0.29) is 5.41 Å². The molecule has 0 aliphatic heterocycles. The molecule has 2 rings (SSSR count). The van der Waals surface area contributed by atoms with E-state index in [1.165, 1.54) is 24.0 Å². The molecule has 1 atom stereocenters. The van der Waals surface area contributed by atoms with Gasteiger partial charge in [-0.3, -0.25) is 0 Å². The van der Waals surface area contributed by atoms with Gasteiger partial charge in [0.1, 0.15) is 0 Å². The molecule has 0 aliphatic rings. The molecule has 0 radical (unpaired) electrons. The summed E-state index contributed by atoms with van der Waals surface area (Å²) in [6, 6.07) is 7.16. The summed E-state index contributed by atoms with van der Waals surface area (Å²) in [5, 5.41) is 3.62. The van der Waals surface area contributed by atoms with Crippen LogP contribution in [-0.4, -0.2) is 6.54 Å². The maximum Gasteiger partial charge on any atom is 0.0765 e. The van der Waals surface area contributed by atoms with Gasteiger partial charge in [0.15, 0.2) is 0 Å². The van der Waals surface area contributed by atoms with Gasteiger partial charge in [0, 0.05) is 14.6 Å². The van der Waals surface area contributed by atoms with Crippen molar-refractivity contribution < 1.29 is 0 Å². The third-order valence-electron chi connectivity index (χ3n) is 3.22. The lowest BCUT2D eigenvalue weighted by molar-refractivity contribution is 0.604. The Kier molecular flexibility index (Phi) is 5.11. The molecule has 0 aliphatic carbocycles. The highest BCUT2D eigenvalue weighted by Crippen LogP contribution is 2.38. The number of hydrogen-bond acceptors (Lipinski definition) is 3. The number of hydrogen-bond donors (Lipinski definition) is 1. The van der Waals surface area contributed by atoms with E-state index >= 15 is 0 Å². The van der Waals surface area contributed by atoms with Gasteiger partial charge >= 0.3 is 0 Å². The second-order valence-corrected chi connectivity index (χ2v) is 9.57. The molecule has 1 unspecified atom stereocenters. The summed E-state index contributed by atoms with van der Waals surface area (Å²) >= 11 is 7.40. The number of halogens is 1. The van der Waals surface area contributed by atoms with Gasteiger partial charge in [-0.1, -0.05) is 27.7 Å². The van der Waals surface area contributed by atoms with Crippen LogP contribution in [0.15, 0.2) is 22.0 Å². The molecule has 2 heterocycles. The Bertz CT molecular complexity index is 558. The van der Waals surface area contributed by atoms with Crippen molar-refractivity contribution in [1.82, 2.24) is 5.32 Å². The molecule has 110 valence electrons. The Morgan fingerprint density at radius 1 is 1.20 bits per heavy atom. The SMILES string of the molecule is CCNC(c1ccc(C(C)(C)C)s1)c1cc(C)c(Br)s1. The summed E-state index contributed by atoms with van der Waals surface area (Å²) in [4.78, 5) is 4.24. The molecule has 0 saturated carbocycles. The summed E-state index contributed by atoms with van der Waals surface area (Å²) in [5.74, 6) is 0. The third kappa shape index (κ3) is 3.53. The highest BCUT2D eigenvalue weighted by Gasteiger charge is 2.22. The number of thiophene rings is 2. The molecule has 1 nitrogen and oxygen atoms in total. The molecule has 20 heavy (non-hydrogen) atoms. The highest BCUT2D eigenvalue weighted by molar-refractivity contribution is 9.11. The van der Waals surface area contributed by atoms with E-state index in [0.29, 0.717) is 6.04 Å². The van der Waals surface area contributed by atoms with Crippen molar-refractivity contribution >= 4 is 38.6 Å². The Labute approximate surface area is 138 Å². The molecule has 1 N–H and O–H groups in total. The molecule has 0 bridgehead atoms. The van der Waals surface area contributed by atoms with E-state index in [4.69, 9.17) is 0 Å². The Hall–Kier alpha value is -0.160. The van der Waals surface area contributed by atoms with Gasteiger partial charge in [0.05, 0.1) is 9.83 Å². The Morgan fingerprint density at radius 3 is 2.35 bits per heavy atom. The van der Waals surface area contributed by atoms with Crippen LogP contribution >= 0.6 is 38.6 Å². The summed E-state index contributed by atoms with van der Waals surface area (Å²) < 4.78 is 1.24. The first-order chi connectivity index (χ1) is 9.32. The van der Waals surface area contributed by atoms with Crippen LogP contribution in [-0.2, 0) is 5.41 Å². The minimum atomic E-state index is 0.228. The number of aryl methyl sites for hydroxylation is 1. The largest absolute Gasteiger partial charge is 0.305 e. The minimum absolute atomic E-state index is 0.228. The van der Waals surface area contributed by atoms with Crippen molar-refractivity contribution in [3.05, 3.63) is 42.2 Å². The average Bonchev–Trinajstić information content (AvgIpc) is 2.94. The zero-order valence-electron chi connectivity index (χ0n) is 12.7. The lowest BCUT2D eigenvalue weighted by atomic mass is 9.95. The van der Waals surface area contributed by atoms with Gasteiger partial charge in [0.2, 0.25) is 0 Å². The predicted octanol–water partition coefficient (Wildman–Crippen LogP) is 5.88. The van der Waals surface area contributed by atoms with E-state index in [1.54, 1.807) is 0 Å². The molecule has 0 aromatic carbocycles. The minimum Gasteiger partial charge on any atom is -0.305 e. The van der Waals surface area contributed by atoms with E-state index in [2.05, 4.69) is 74.1 Å². The second-order valence-electron chi connectivity index (χ2n) is 6.05. The fourth-order valence-electron chi connectivity index (χ4n) is 2.08. The molecule has 0 fully saturated rings. The molecular formula is C16H22BrNS2. The van der Waals surface area contributed by atoms with Gasteiger partial charge in [-0.2, -0.15) is 0 Å². The van der Waals surface area contributed by atoms with Crippen LogP contribution in [0.2, 0.25) is 0 Å². The van der Waals surface area contributed by atoms with Gasteiger partial charge < -0.3 is 5.32 Å². The lowest BCUT2D eigenvalue weighted by Crippen LogP contribution is -2.20. The lowest BCUT2D eigenvalue weighted by Gasteiger charge is -2.17. The van der Waals surface area contributed by atoms with Gasteiger partial charge in [-0.05, 0) is 58.6 Å². The van der Waals surface area contributed by atoms with Crippen LogP contribution < -0.4 is 5.32 Å². The van der Waals surface area contributed by atoms with Crippen LogP contribution in [0.25, 0.3) is 0 Å². The van der Waals surface area contributed by atoms with Crippen LogP contribution in [0.3, 0.4) is 0 Å². The molecule has 0 amide bonds. The topological polar surface area (TPSA) is 12.0 Å². The highest BCUT2D eigenvalue weighted by atomic mass is 79.9. The van der Waals surface area contributed by atoms with Crippen molar-refractivity contribution in [2.45, 2.75) is 46.1 Å². The zero-order valence-corrected chi connectivity index (χ0v) is 15.9. The van der Waals surface area contributed by atoms with Crippen LogP contribution in [0, 0.1) is 6.92 Å². The van der Waals surface area contributed by atoms with Crippen LogP contribution in [0.4, 0.5) is 0 Å². The van der Waals surface area contributed by atoms with Crippen LogP contribution in [0.1, 0.15) is 53.9 Å². The van der Waals surface area contributed by atoms with E-state index in [0.717, 1.165) is 6.54 Å².